The summed E-state index contributed by atoms with van der Waals surface area (Å²) in [5.41, 5.74) is 11.0. The number of hydrogen-bond acceptors (Lipinski definition) is 1. The summed E-state index contributed by atoms with van der Waals surface area (Å²) in [6.45, 7) is 2.36. The molecule has 0 radical (unpaired) electrons. The molecule has 0 fully saturated rings. The van der Waals surface area contributed by atoms with Crippen molar-refractivity contribution in [1.82, 2.24) is 0 Å². The number of benzene rings is 5. The average Bonchev–Trinajstić information content (AvgIpc) is 3.40. The van der Waals surface area contributed by atoms with Crippen LogP contribution in [0.25, 0.3) is 44.2 Å². The zero-order chi connectivity index (χ0) is 26.6. The van der Waals surface area contributed by atoms with Crippen LogP contribution < -0.4 is 10.4 Å². The molecule has 40 heavy (non-hydrogen) atoms. The summed E-state index contributed by atoms with van der Waals surface area (Å²) in [5.74, 6) is 0.564. The van der Waals surface area contributed by atoms with E-state index in [0.717, 1.165) is 11.2 Å². The van der Waals surface area contributed by atoms with E-state index in [1.165, 1.54) is 60.2 Å². The minimum atomic E-state index is 0.220. The number of para-hydroxylation sites is 1. The van der Waals surface area contributed by atoms with Gasteiger partial charge in [-0.2, -0.15) is 0 Å². The molecule has 0 saturated carbocycles. The Hall–Kier alpha value is -4.88. The maximum Gasteiger partial charge on any atom is 0.136 e. The van der Waals surface area contributed by atoms with Gasteiger partial charge in [0.15, 0.2) is 0 Å². The molecule has 0 amide bonds. The average molecular weight is 513 g/mol. The highest BCUT2D eigenvalue weighted by atomic mass is 16.3. The van der Waals surface area contributed by atoms with Crippen LogP contribution in [0.15, 0.2) is 150 Å². The van der Waals surface area contributed by atoms with E-state index in [2.05, 4.69) is 140 Å². The molecule has 190 valence electrons. The fraction of sp³-hybridized carbons (Fsp3) is 0.0769. The normalized spacial score (nSPS) is 18.1. The number of hydrogen-bond donors (Lipinski definition) is 0. The smallest absolute Gasteiger partial charge is 0.136 e. The van der Waals surface area contributed by atoms with Crippen LogP contribution in [-0.4, -0.2) is 0 Å². The van der Waals surface area contributed by atoms with Crippen molar-refractivity contribution in [3.05, 3.63) is 167 Å². The van der Waals surface area contributed by atoms with Crippen LogP contribution in [0.4, 0.5) is 0 Å². The molecule has 0 saturated heterocycles. The molecule has 0 N–H and O–H groups in total. The molecule has 2 unspecified atom stereocenters. The first-order chi connectivity index (χ1) is 19.8. The van der Waals surface area contributed by atoms with Crippen LogP contribution in [0, 0.1) is 11.8 Å². The van der Waals surface area contributed by atoms with Gasteiger partial charge >= 0.3 is 0 Å². The lowest BCUT2D eigenvalue weighted by molar-refractivity contribution is 0.598. The third-order valence-electron chi connectivity index (χ3n) is 8.61. The van der Waals surface area contributed by atoms with Gasteiger partial charge in [-0.05, 0) is 67.5 Å². The lowest BCUT2D eigenvalue weighted by atomic mass is 9.68. The van der Waals surface area contributed by atoms with Crippen LogP contribution >= 0.6 is 0 Å². The Morgan fingerprint density at radius 2 is 1.25 bits per heavy atom. The van der Waals surface area contributed by atoms with Crippen molar-refractivity contribution in [3.63, 3.8) is 0 Å². The van der Waals surface area contributed by atoms with Gasteiger partial charge in [0, 0.05) is 16.7 Å². The van der Waals surface area contributed by atoms with E-state index >= 15 is 0 Å². The number of rotatable bonds is 3. The second kappa shape index (κ2) is 9.10. The molecule has 0 bridgehead atoms. The summed E-state index contributed by atoms with van der Waals surface area (Å²) >= 11 is 0. The van der Waals surface area contributed by atoms with Gasteiger partial charge < -0.3 is 4.42 Å². The maximum atomic E-state index is 6.34. The van der Waals surface area contributed by atoms with Gasteiger partial charge in [0.1, 0.15) is 11.2 Å². The Labute approximate surface area is 233 Å². The molecule has 1 nitrogen and oxygen atoms in total. The predicted octanol–water partition coefficient (Wildman–Crippen LogP) is 8.41. The summed E-state index contributed by atoms with van der Waals surface area (Å²) in [5, 5.41) is 4.97. The molecule has 5 aromatic carbocycles. The van der Waals surface area contributed by atoms with Crippen LogP contribution in [0.3, 0.4) is 0 Å². The Bertz CT molecular complexity index is 2120. The lowest BCUT2D eigenvalue weighted by Crippen LogP contribution is -2.39. The van der Waals surface area contributed by atoms with Crippen molar-refractivity contribution >= 4 is 33.1 Å². The largest absolute Gasteiger partial charge is 0.456 e. The minimum absolute atomic E-state index is 0.220. The minimum Gasteiger partial charge on any atom is -0.456 e. The van der Waals surface area contributed by atoms with Gasteiger partial charge in [-0.15, -0.1) is 0 Å². The molecule has 2 aliphatic rings. The molecule has 1 aromatic heterocycles. The van der Waals surface area contributed by atoms with E-state index in [1.54, 1.807) is 0 Å². The van der Waals surface area contributed by atoms with Crippen LogP contribution in [0.1, 0.15) is 18.1 Å². The van der Waals surface area contributed by atoms with Crippen molar-refractivity contribution in [3.8, 4) is 11.1 Å². The van der Waals surface area contributed by atoms with Crippen LogP contribution in [0.5, 0.6) is 0 Å². The van der Waals surface area contributed by atoms with Gasteiger partial charge in [0.05, 0.1) is 0 Å². The van der Waals surface area contributed by atoms with Crippen LogP contribution in [-0.2, 0) is 0 Å². The summed E-state index contributed by atoms with van der Waals surface area (Å²) in [7, 11) is 0. The molecular weight excluding hydrogens is 484 g/mol. The van der Waals surface area contributed by atoms with Crippen LogP contribution in [0.2, 0.25) is 0 Å². The van der Waals surface area contributed by atoms with Gasteiger partial charge in [0.25, 0.3) is 0 Å². The standard InChI is InChI=1S/C39H28O/c1-25-13-11-21-32-36(25)39(33-22-12-24-35-38(33)31-20-9-10-23-34(31)40-35)30-19-8-7-18-29(30)37(32)28-17-6-5-16-27(28)26-14-3-2-4-15-26/h2-25,36H,1H3. The van der Waals surface area contributed by atoms with Crippen molar-refractivity contribution in [2.24, 2.45) is 11.8 Å². The van der Waals surface area contributed by atoms with Gasteiger partial charge in [0.2, 0.25) is 0 Å². The third-order valence-corrected chi connectivity index (χ3v) is 8.61. The second-order valence-electron chi connectivity index (χ2n) is 10.9. The lowest BCUT2D eigenvalue weighted by Gasteiger charge is -2.35. The highest BCUT2D eigenvalue weighted by Crippen LogP contribution is 2.46. The monoisotopic (exact) mass is 512 g/mol. The Morgan fingerprint density at radius 3 is 2.12 bits per heavy atom. The highest BCUT2D eigenvalue weighted by Gasteiger charge is 2.34. The van der Waals surface area contributed by atoms with E-state index < -0.39 is 0 Å². The Kier molecular flexibility index (Phi) is 5.24. The molecule has 0 aliphatic heterocycles. The highest BCUT2D eigenvalue weighted by molar-refractivity contribution is 6.11. The molecule has 2 aliphatic carbocycles. The summed E-state index contributed by atoms with van der Waals surface area (Å²) in [4.78, 5) is 0. The Morgan fingerprint density at radius 1 is 0.575 bits per heavy atom. The topological polar surface area (TPSA) is 13.1 Å². The van der Waals surface area contributed by atoms with E-state index in [4.69, 9.17) is 4.42 Å². The molecule has 6 aromatic rings. The van der Waals surface area contributed by atoms with Crippen molar-refractivity contribution < 1.29 is 4.42 Å². The first kappa shape index (κ1) is 23.0. The van der Waals surface area contributed by atoms with Crippen molar-refractivity contribution in [2.75, 3.05) is 0 Å². The fourth-order valence-corrected chi connectivity index (χ4v) is 6.93. The van der Waals surface area contributed by atoms with E-state index in [-0.39, 0.29) is 5.92 Å². The molecule has 0 spiro atoms. The van der Waals surface area contributed by atoms with E-state index in [1.807, 2.05) is 6.07 Å². The van der Waals surface area contributed by atoms with Gasteiger partial charge in [-0.1, -0.05) is 134 Å². The summed E-state index contributed by atoms with van der Waals surface area (Å²) < 4.78 is 6.34. The van der Waals surface area contributed by atoms with Crippen molar-refractivity contribution in [2.45, 2.75) is 6.92 Å². The first-order valence-corrected chi connectivity index (χ1v) is 14.1. The van der Waals surface area contributed by atoms with Crippen molar-refractivity contribution in [1.29, 1.82) is 0 Å². The Balaban J connectivity index is 1.54. The molecule has 2 atom stereocenters. The van der Waals surface area contributed by atoms with Gasteiger partial charge in [-0.3, -0.25) is 0 Å². The number of furan rings is 1. The number of fused-ring (bicyclic) bond motifs is 5. The first-order valence-electron chi connectivity index (χ1n) is 14.1. The fourth-order valence-electron chi connectivity index (χ4n) is 6.93. The zero-order valence-corrected chi connectivity index (χ0v) is 22.3. The maximum absolute atomic E-state index is 6.34. The molecule has 8 rings (SSSR count). The zero-order valence-electron chi connectivity index (χ0n) is 22.3. The molecule has 1 heterocycles. The van der Waals surface area contributed by atoms with Gasteiger partial charge in [-0.25, -0.2) is 0 Å². The SMILES string of the molecule is CC1C=CC=C2C(c3ccccc3-c3ccccc3)=c3ccccc3=C(c3cccc4oc5ccccc5c34)C21. The van der Waals surface area contributed by atoms with E-state index in [9.17, 15) is 0 Å². The summed E-state index contributed by atoms with van der Waals surface area (Å²) in [6, 6.07) is 43.6. The second-order valence-corrected chi connectivity index (χ2v) is 10.9. The number of allylic oxidation sites excluding steroid dienone is 4. The predicted molar refractivity (Wildman–Crippen MR) is 166 cm³/mol. The molecule has 1 heteroatoms. The molecular formula is C39H28O. The van der Waals surface area contributed by atoms with E-state index in [0.29, 0.717) is 5.92 Å². The third kappa shape index (κ3) is 3.41. The summed E-state index contributed by atoms with van der Waals surface area (Å²) in [6.07, 6.45) is 6.96. The quantitative estimate of drug-likeness (QED) is 0.232.